The molecule has 0 fully saturated rings. The molecule has 2 N–H and O–H groups in total. The Morgan fingerprint density at radius 2 is 2.10 bits per heavy atom. The molecule has 1 heterocycles. The molecule has 106 valence electrons. The monoisotopic (exact) mass is 307 g/mol. The van der Waals surface area contributed by atoms with Crippen LogP contribution < -0.4 is 5.32 Å². The number of aliphatic hydroxyl groups excluding tert-OH is 1. The molecule has 0 saturated heterocycles. The van der Waals surface area contributed by atoms with Crippen LogP contribution >= 0.6 is 23.1 Å². The van der Waals surface area contributed by atoms with Crippen molar-refractivity contribution in [2.24, 2.45) is 0 Å². The lowest BCUT2D eigenvalue weighted by Gasteiger charge is -2.12. The van der Waals surface area contributed by atoms with Crippen LogP contribution in [0.1, 0.15) is 15.2 Å². The fraction of sp³-hybridized carbons (Fsp3) is 0.267. The average Bonchev–Trinajstić information content (AvgIpc) is 2.94. The highest BCUT2D eigenvalue weighted by molar-refractivity contribution is 7.98. The van der Waals surface area contributed by atoms with E-state index in [0.717, 1.165) is 10.5 Å². The minimum Gasteiger partial charge on any atom is -0.391 e. The molecular weight excluding hydrogens is 290 g/mol. The first kappa shape index (κ1) is 15.1. The summed E-state index contributed by atoms with van der Waals surface area (Å²) < 4.78 is 0. The fourth-order valence-electron chi connectivity index (χ4n) is 1.87. The first-order chi connectivity index (χ1) is 9.70. The largest absolute Gasteiger partial charge is 0.391 e. The van der Waals surface area contributed by atoms with Gasteiger partial charge in [-0.05, 0) is 23.3 Å². The standard InChI is InChI=1S/C15H17NO2S2/c1-19-13-7-8-20-14(13)15(18)16-10-12(17)9-11-5-3-2-4-6-11/h2-8,12,17H,9-10H2,1H3,(H,16,18). The zero-order valence-electron chi connectivity index (χ0n) is 11.2. The van der Waals surface area contributed by atoms with Crippen molar-refractivity contribution in [3.8, 4) is 0 Å². The maximum atomic E-state index is 12.0. The second kappa shape index (κ2) is 7.47. The molecule has 2 rings (SSSR count). The predicted molar refractivity (Wildman–Crippen MR) is 84.6 cm³/mol. The topological polar surface area (TPSA) is 49.3 Å². The van der Waals surface area contributed by atoms with E-state index in [9.17, 15) is 9.90 Å². The second-order valence-corrected chi connectivity index (χ2v) is 6.14. The Morgan fingerprint density at radius 1 is 1.35 bits per heavy atom. The summed E-state index contributed by atoms with van der Waals surface area (Å²) in [5, 5.41) is 14.7. The number of thioether (sulfide) groups is 1. The Hall–Kier alpha value is -1.30. The van der Waals surface area contributed by atoms with Crippen LogP contribution in [0.3, 0.4) is 0 Å². The summed E-state index contributed by atoms with van der Waals surface area (Å²) >= 11 is 2.98. The Morgan fingerprint density at radius 3 is 2.80 bits per heavy atom. The van der Waals surface area contributed by atoms with Crippen LogP contribution in [0, 0.1) is 0 Å². The summed E-state index contributed by atoms with van der Waals surface area (Å²) in [4.78, 5) is 13.7. The highest BCUT2D eigenvalue weighted by Crippen LogP contribution is 2.25. The van der Waals surface area contributed by atoms with E-state index in [2.05, 4.69) is 5.32 Å². The molecule has 1 atom stereocenters. The predicted octanol–water partition coefficient (Wildman–Crippen LogP) is 2.80. The summed E-state index contributed by atoms with van der Waals surface area (Å²) in [6.07, 6.45) is 1.92. The number of carbonyl (C=O) groups excluding carboxylic acids is 1. The number of hydrogen-bond donors (Lipinski definition) is 2. The molecule has 3 nitrogen and oxygen atoms in total. The van der Waals surface area contributed by atoms with Gasteiger partial charge in [-0.1, -0.05) is 30.3 Å². The summed E-state index contributed by atoms with van der Waals surface area (Å²) in [5.41, 5.74) is 1.06. The number of amides is 1. The molecular formula is C15H17NO2S2. The first-order valence-corrected chi connectivity index (χ1v) is 8.43. The summed E-state index contributed by atoms with van der Waals surface area (Å²) in [7, 11) is 0. The van der Waals surface area contributed by atoms with Gasteiger partial charge in [-0.3, -0.25) is 4.79 Å². The van der Waals surface area contributed by atoms with E-state index in [-0.39, 0.29) is 12.5 Å². The van der Waals surface area contributed by atoms with Gasteiger partial charge in [0.05, 0.1) is 6.10 Å². The molecule has 0 aliphatic carbocycles. The quantitative estimate of drug-likeness (QED) is 0.807. The molecule has 1 amide bonds. The van der Waals surface area contributed by atoms with Gasteiger partial charge in [-0.2, -0.15) is 0 Å². The number of benzene rings is 1. The van der Waals surface area contributed by atoms with Crippen molar-refractivity contribution in [3.63, 3.8) is 0 Å². The average molecular weight is 307 g/mol. The molecule has 0 spiro atoms. The number of rotatable bonds is 6. The highest BCUT2D eigenvalue weighted by atomic mass is 32.2. The van der Waals surface area contributed by atoms with Gasteiger partial charge in [0.25, 0.3) is 5.91 Å². The molecule has 5 heteroatoms. The molecule has 0 radical (unpaired) electrons. The van der Waals surface area contributed by atoms with Gasteiger partial charge in [0.15, 0.2) is 0 Å². The Bertz CT molecular complexity index is 554. The van der Waals surface area contributed by atoms with Crippen molar-refractivity contribution < 1.29 is 9.90 Å². The van der Waals surface area contributed by atoms with Crippen molar-refractivity contribution in [1.29, 1.82) is 0 Å². The highest BCUT2D eigenvalue weighted by Gasteiger charge is 2.14. The summed E-state index contributed by atoms with van der Waals surface area (Å²) in [5.74, 6) is -0.114. The lowest BCUT2D eigenvalue weighted by Crippen LogP contribution is -2.33. The van der Waals surface area contributed by atoms with Gasteiger partial charge >= 0.3 is 0 Å². The van der Waals surface area contributed by atoms with E-state index in [4.69, 9.17) is 0 Å². The molecule has 1 unspecified atom stereocenters. The van der Waals surface area contributed by atoms with E-state index < -0.39 is 6.10 Å². The van der Waals surface area contributed by atoms with Crippen LogP contribution in [-0.2, 0) is 6.42 Å². The molecule has 1 aromatic heterocycles. The first-order valence-electron chi connectivity index (χ1n) is 6.32. The minimum atomic E-state index is -0.570. The Balaban J connectivity index is 1.84. The van der Waals surface area contributed by atoms with Gasteiger partial charge in [0.1, 0.15) is 4.88 Å². The zero-order chi connectivity index (χ0) is 14.4. The zero-order valence-corrected chi connectivity index (χ0v) is 12.8. The summed E-state index contributed by atoms with van der Waals surface area (Å²) in [6, 6.07) is 11.7. The van der Waals surface area contributed by atoms with Crippen LogP contribution in [0.2, 0.25) is 0 Å². The molecule has 0 bridgehead atoms. The molecule has 20 heavy (non-hydrogen) atoms. The Labute approximate surface area is 127 Å². The Kier molecular flexibility index (Phi) is 5.64. The maximum absolute atomic E-state index is 12.0. The van der Waals surface area contributed by atoms with Crippen molar-refractivity contribution in [2.75, 3.05) is 12.8 Å². The number of carbonyl (C=O) groups is 1. The van der Waals surface area contributed by atoms with Gasteiger partial charge in [-0.25, -0.2) is 0 Å². The van der Waals surface area contributed by atoms with E-state index >= 15 is 0 Å². The van der Waals surface area contributed by atoms with E-state index in [1.54, 1.807) is 11.8 Å². The molecule has 2 aromatic rings. The normalized spacial score (nSPS) is 12.1. The van der Waals surface area contributed by atoms with Crippen molar-refractivity contribution in [1.82, 2.24) is 5.32 Å². The van der Waals surface area contributed by atoms with Gasteiger partial charge in [-0.15, -0.1) is 23.1 Å². The number of nitrogens with one attached hydrogen (secondary N) is 1. The van der Waals surface area contributed by atoms with Crippen molar-refractivity contribution in [2.45, 2.75) is 17.4 Å². The van der Waals surface area contributed by atoms with Crippen molar-refractivity contribution >= 4 is 29.0 Å². The van der Waals surface area contributed by atoms with Crippen LogP contribution in [0.15, 0.2) is 46.7 Å². The van der Waals surface area contributed by atoms with E-state index in [1.807, 2.05) is 48.0 Å². The summed E-state index contributed by atoms with van der Waals surface area (Å²) in [6.45, 7) is 0.263. The lowest BCUT2D eigenvalue weighted by molar-refractivity contribution is 0.0917. The van der Waals surface area contributed by atoms with Crippen LogP contribution in [0.5, 0.6) is 0 Å². The molecule has 0 saturated carbocycles. The van der Waals surface area contributed by atoms with E-state index in [1.165, 1.54) is 11.3 Å². The van der Waals surface area contributed by atoms with Crippen LogP contribution in [0.25, 0.3) is 0 Å². The van der Waals surface area contributed by atoms with Crippen LogP contribution in [0.4, 0.5) is 0 Å². The van der Waals surface area contributed by atoms with Gasteiger partial charge in [0, 0.05) is 17.9 Å². The second-order valence-electron chi connectivity index (χ2n) is 4.37. The molecule has 0 aliphatic rings. The fourth-order valence-corrected chi connectivity index (χ4v) is 3.54. The van der Waals surface area contributed by atoms with Gasteiger partial charge in [0.2, 0.25) is 0 Å². The third-order valence-electron chi connectivity index (χ3n) is 2.87. The minimum absolute atomic E-state index is 0.114. The lowest BCUT2D eigenvalue weighted by atomic mass is 10.1. The van der Waals surface area contributed by atoms with Crippen LogP contribution in [-0.4, -0.2) is 29.9 Å². The molecule has 0 aliphatic heterocycles. The maximum Gasteiger partial charge on any atom is 0.262 e. The SMILES string of the molecule is CSc1ccsc1C(=O)NCC(O)Cc1ccccc1. The number of hydrogen-bond acceptors (Lipinski definition) is 4. The number of aliphatic hydroxyl groups is 1. The van der Waals surface area contributed by atoms with E-state index in [0.29, 0.717) is 11.3 Å². The van der Waals surface area contributed by atoms with Crippen molar-refractivity contribution in [3.05, 3.63) is 52.2 Å². The number of thiophene rings is 1. The third-order valence-corrected chi connectivity index (χ3v) is 4.69. The smallest absolute Gasteiger partial charge is 0.262 e. The molecule has 1 aromatic carbocycles. The third kappa shape index (κ3) is 4.10. The van der Waals surface area contributed by atoms with Gasteiger partial charge < -0.3 is 10.4 Å².